The highest BCUT2D eigenvalue weighted by atomic mass is 32.1. The summed E-state index contributed by atoms with van der Waals surface area (Å²) < 4.78 is 0. The zero-order valence-electron chi connectivity index (χ0n) is 12.8. The van der Waals surface area contributed by atoms with Crippen LogP contribution in [-0.4, -0.2) is 28.5 Å². The lowest BCUT2D eigenvalue weighted by atomic mass is 10.0. The number of hydrogen-bond acceptors (Lipinski definition) is 4. The summed E-state index contributed by atoms with van der Waals surface area (Å²) in [6.45, 7) is 3.06. The summed E-state index contributed by atoms with van der Waals surface area (Å²) in [5, 5.41) is 8.82. The number of hydroxylamine groups is 1. The molecule has 2 heterocycles. The van der Waals surface area contributed by atoms with Crippen molar-refractivity contribution >= 4 is 23.2 Å². The van der Waals surface area contributed by atoms with E-state index in [1.165, 1.54) is 11.3 Å². The van der Waals surface area contributed by atoms with Gasteiger partial charge in [-0.1, -0.05) is 30.3 Å². The predicted octanol–water partition coefficient (Wildman–Crippen LogP) is 2.30. The third-order valence-electron chi connectivity index (χ3n) is 4.17. The van der Waals surface area contributed by atoms with Gasteiger partial charge in [-0.05, 0) is 30.0 Å². The van der Waals surface area contributed by atoms with Gasteiger partial charge in [0, 0.05) is 18.0 Å². The van der Waals surface area contributed by atoms with Crippen molar-refractivity contribution in [1.29, 1.82) is 0 Å². The number of nitrogens with zero attached hydrogens (tertiary/aromatic N) is 1. The minimum absolute atomic E-state index is 0.0978. The van der Waals surface area contributed by atoms with E-state index < -0.39 is 5.91 Å². The van der Waals surface area contributed by atoms with Crippen LogP contribution in [0.15, 0.2) is 30.3 Å². The molecule has 0 saturated heterocycles. The number of rotatable bonds is 3. The second kappa shape index (κ2) is 6.52. The topological polar surface area (TPSA) is 69.6 Å². The van der Waals surface area contributed by atoms with Crippen molar-refractivity contribution in [2.75, 3.05) is 6.54 Å². The van der Waals surface area contributed by atoms with Gasteiger partial charge in [-0.15, -0.1) is 11.3 Å². The maximum absolute atomic E-state index is 12.5. The first-order chi connectivity index (χ1) is 11.1. The minimum Gasteiger partial charge on any atom is -0.338 e. The zero-order valence-corrected chi connectivity index (χ0v) is 13.7. The van der Waals surface area contributed by atoms with E-state index in [1.807, 2.05) is 42.2 Å². The Morgan fingerprint density at radius 3 is 2.74 bits per heavy atom. The summed E-state index contributed by atoms with van der Waals surface area (Å²) >= 11 is 1.40. The molecule has 2 amide bonds. The molecule has 1 aliphatic heterocycles. The first-order valence-electron chi connectivity index (χ1n) is 7.47. The van der Waals surface area contributed by atoms with Gasteiger partial charge in [0.2, 0.25) is 5.91 Å². The van der Waals surface area contributed by atoms with E-state index in [9.17, 15) is 9.59 Å². The van der Waals surface area contributed by atoms with Gasteiger partial charge < -0.3 is 4.90 Å². The Labute approximate surface area is 138 Å². The Hall–Kier alpha value is -2.18. The molecule has 0 radical (unpaired) electrons. The van der Waals surface area contributed by atoms with Gasteiger partial charge in [-0.25, -0.2) is 5.48 Å². The molecule has 0 spiro atoms. The Kier molecular flexibility index (Phi) is 4.45. The van der Waals surface area contributed by atoms with Gasteiger partial charge >= 0.3 is 0 Å². The summed E-state index contributed by atoms with van der Waals surface area (Å²) in [7, 11) is 0. The van der Waals surface area contributed by atoms with E-state index in [4.69, 9.17) is 5.21 Å². The van der Waals surface area contributed by atoms with Crippen LogP contribution < -0.4 is 5.48 Å². The molecule has 0 saturated carbocycles. The third kappa shape index (κ3) is 3.13. The molecule has 6 heteroatoms. The van der Waals surface area contributed by atoms with Gasteiger partial charge in [0.15, 0.2) is 0 Å². The number of nitrogens with one attached hydrogen (secondary N) is 1. The van der Waals surface area contributed by atoms with Crippen molar-refractivity contribution in [3.63, 3.8) is 0 Å². The molecule has 2 aromatic rings. The molecule has 0 aliphatic carbocycles. The number of benzene rings is 1. The van der Waals surface area contributed by atoms with Crippen LogP contribution in [0.4, 0.5) is 0 Å². The monoisotopic (exact) mass is 330 g/mol. The fraction of sp³-hybridized carbons (Fsp3) is 0.294. The third-order valence-corrected chi connectivity index (χ3v) is 5.56. The highest BCUT2D eigenvalue weighted by molar-refractivity contribution is 7.14. The van der Waals surface area contributed by atoms with Gasteiger partial charge in [0.25, 0.3) is 5.91 Å². The average molecular weight is 330 g/mol. The fourth-order valence-corrected chi connectivity index (χ4v) is 4.08. The molecule has 1 aliphatic rings. The highest BCUT2D eigenvalue weighted by Gasteiger charge is 2.27. The Balaban J connectivity index is 1.76. The van der Waals surface area contributed by atoms with Crippen LogP contribution in [-0.2, 0) is 24.2 Å². The second-order valence-electron chi connectivity index (χ2n) is 5.63. The van der Waals surface area contributed by atoms with Crippen molar-refractivity contribution in [3.8, 4) is 0 Å². The highest BCUT2D eigenvalue weighted by Crippen LogP contribution is 2.32. The molecule has 1 aromatic carbocycles. The largest absolute Gasteiger partial charge is 0.338 e. The van der Waals surface area contributed by atoms with E-state index in [1.54, 1.807) is 5.48 Å². The summed E-state index contributed by atoms with van der Waals surface area (Å²) in [5.41, 5.74) is 4.59. The van der Waals surface area contributed by atoms with E-state index in [0.29, 0.717) is 24.4 Å². The second-order valence-corrected chi connectivity index (χ2v) is 6.73. The fourth-order valence-electron chi connectivity index (χ4n) is 2.89. The minimum atomic E-state index is -0.482. The number of carbonyl (C=O) groups excluding carboxylic acids is 2. The van der Waals surface area contributed by atoms with E-state index >= 15 is 0 Å². The molecule has 0 bridgehead atoms. The number of amides is 2. The molecular weight excluding hydrogens is 312 g/mol. The first kappa shape index (κ1) is 15.7. The first-order valence-corrected chi connectivity index (χ1v) is 8.29. The van der Waals surface area contributed by atoms with Crippen molar-refractivity contribution in [2.24, 2.45) is 0 Å². The lowest BCUT2D eigenvalue weighted by Gasteiger charge is -2.27. The number of hydrogen-bond donors (Lipinski definition) is 2. The van der Waals surface area contributed by atoms with Crippen molar-refractivity contribution in [3.05, 3.63) is 56.8 Å². The maximum atomic E-state index is 12.5. The maximum Gasteiger partial charge on any atom is 0.284 e. The van der Waals surface area contributed by atoms with Crippen LogP contribution in [0.5, 0.6) is 0 Å². The molecule has 0 atom stereocenters. The predicted molar refractivity (Wildman–Crippen MR) is 87.6 cm³/mol. The van der Waals surface area contributed by atoms with Crippen LogP contribution >= 0.6 is 11.3 Å². The molecule has 0 fully saturated rings. The van der Waals surface area contributed by atoms with E-state index in [-0.39, 0.29) is 5.91 Å². The summed E-state index contributed by atoms with van der Waals surface area (Å²) in [5.74, 6) is -0.385. The summed E-state index contributed by atoms with van der Waals surface area (Å²) in [4.78, 5) is 27.7. The standard InChI is InChI=1S/C17H18N2O3S/c1-11-13-10-19(15(20)9-12-5-3-2-4-6-12)8-7-14(13)23-16(11)17(21)18-22/h2-6,22H,7-10H2,1H3,(H,18,21). The molecule has 0 unspecified atom stereocenters. The van der Waals surface area contributed by atoms with E-state index in [0.717, 1.165) is 28.0 Å². The van der Waals surface area contributed by atoms with Crippen LogP contribution in [0.2, 0.25) is 0 Å². The Morgan fingerprint density at radius 2 is 2.04 bits per heavy atom. The lowest BCUT2D eigenvalue weighted by molar-refractivity contribution is -0.131. The van der Waals surface area contributed by atoms with Crippen LogP contribution in [0.1, 0.15) is 31.2 Å². The average Bonchev–Trinajstić information content (AvgIpc) is 2.91. The summed E-state index contributed by atoms with van der Waals surface area (Å²) in [6, 6.07) is 9.70. The Bertz CT molecular complexity index is 740. The lowest BCUT2D eigenvalue weighted by Crippen LogP contribution is -2.36. The molecule has 2 N–H and O–H groups in total. The number of carbonyl (C=O) groups is 2. The van der Waals surface area contributed by atoms with Gasteiger partial charge in [0.1, 0.15) is 0 Å². The van der Waals surface area contributed by atoms with Crippen LogP contribution in [0, 0.1) is 6.92 Å². The summed E-state index contributed by atoms with van der Waals surface area (Å²) in [6.07, 6.45) is 1.14. The molecule has 5 nitrogen and oxygen atoms in total. The molecule has 23 heavy (non-hydrogen) atoms. The quantitative estimate of drug-likeness (QED) is 0.670. The van der Waals surface area contributed by atoms with Crippen molar-refractivity contribution < 1.29 is 14.8 Å². The normalized spacial score (nSPS) is 13.6. The Morgan fingerprint density at radius 1 is 1.30 bits per heavy atom. The number of thiophene rings is 1. The van der Waals surface area contributed by atoms with Gasteiger partial charge in [-0.3, -0.25) is 14.8 Å². The van der Waals surface area contributed by atoms with Gasteiger partial charge in [0.05, 0.1) is 11.3 Å². The number of fused-ring (bicyclic) bond motifs is 1. The molecular formula is C17H18N2O3S. The smallest absolute Gasteiger partial charge is 0.284 e. The molecule has 120 valence electrons. The van der Waals surface area contributed by atoms with Gasteiger partial charge in [-0.2, -0.15) is 0 Å². The van der Waals surface area contributed by atoms with E-state index in [2.05, 4.69) is 0 Å². The van der Waals surface area contributed by atoms with Crippen molar-refractivity contribution in [2.45, 2.75) is 26.3 Å². The SMILES string of the molecule is Cc1c(C(=O)NO)sc2c1CN(C(=O)Cc1ccccc1)CC2. The van der Waals surface area contributed by atoms with Crippen molar-refractivity contribution in [1.82, 2.24) is 10.4 Å². The van der Waals surface area contributed by atoms with Crippen LogP contribution in [0.3, 0.4) is 0 Å². The van der Waals surface area contributed by atoms with Crippen LogP contribution in [0.25, 0.3) is 0 Å². The molecule has 3 rings (SSSR count). The molecule has 1 aromatic heterocycles. The zero-order chi connectivity index (χ0) is 16.4.